The zero-order chi connectivity index (χ0) is 15.9. The molecule has 0 aromatic heterocycles. The fraction of sp³-hybridized carbons (Fsp3) is 0.800. The third kappa shape index (κ3) is 4.76. The van der Waals surface area contributed by atoms with Crippen molar-refractivity contribution in [1.29, 1.82) is 0 Å². The highest BCUT2D eigenvalue weighted by Crippen LogP contribution is 2.29. The Morgan fingerprint density at radius 1 is 0.955 bits per heavy atom. The molecule has 3 N–H and O–H groups in total. The molecule has 2 fully saturated rings. The Labute approximate surface area is 129 Å². The van der Waals surface area contributed by atoms with Crippen LogP contribution in [0.5, 0.6) is 0 Å². The second-order valence-corrected chi connectivity index (χ2v) is 6.29. The predicted octanol–water partition coefficient (Wildman–Crippen LogP) is 1.93. The van der Waals surface area contributed by atoms with Crippen molar-refractivity contribution in [3.8, 4) is 0 Å². The molecule has 0 aromatic carbocycles. The largest absolute Gasteiger partial charge is 0.289 e. The lowest BCUT2D eigenvalue weighted by atomic mass is 9.81. The molecular weight excluding hydrogens is 289 g/mol. The number of hydrogen-bond donors (Lipinski definition) is 3. The van der Waals surface area contributed by atoms with Gasteiger partial charge in [-0.1, -0.05) is 0 Å². The summed E-state index contributed by atoms with van der Waals surface area (Å²) in [5.74, 6) is -0.607. The monoisotopic (exact) mass is 313 g/mol. The third-order valence-electron chi connectivity index (χ3n) is 4.74. The summed E-state index contributed by atoms with van der Waals surface area (Å²) in [4.78, 5) is 23.3. The van der Waals surface area contributed by atoms with Crippen molar-refractivity contribution >= 4 is 18.0 Å². The molecule has 2 aliphatic carbocycles. The first-order valence-corrected chi connectivity index (χ1v) is 8.01. The molecule has 0 aliphatic heterocycles. The maximum Gasteiger partial charge on any atom is 0.246 e. The molecule has 22 heavy (non-hydrogen) atoms. The van der Waals surface area contributed by atoms with Crippen LogP contribution in [0.25, 0.3) is 0 Å². The Bertz CT molecular complexity index is 414. The summed E-state index contributed by atoms with van der Waals surface area (Å²) in [7, 11) is 0. The minimum Gasteiger partial charge on any atom is -0.289 e. The van der Waals surface area contributed by atoms with E-state index in [1.807, 2.05) is 0 Å². The lowest BCUT2D eigenvalue weighted by molar-refractivity contribution is -0.136. The number of carbonyl (C=O) groups is 2. The molecule has 0 bridgehead atoms. The van der Waals surface area contributed by atoms with Gasteiger partial charge in [-0.3, -0.25) is 14.8 Å². The van der Waals surface area contributed by atoms with Crippen molar-refractivity contribution in [1.82, 2.24) is 10.9 Å². The first kappa shape index (κ1) is 16.9. The van der Waals surface area contributed by atoms with Gasteiger partial charge in [-0.25, -0.2) is 15.3 Å². The SMILES string of the molecule is O=C(NO)C1CCC(C(=O)N/N=C/C2CCC(F)CC2)CC1. The average molecular weight is 313 g/mol. The normalized spacial score (nSPS) is 32.6. The minimum atomic E-state index is -0.689. The van der Waals surface area contributed by atoms with Crippen LogP contribution in [-0.4, -0.2) is 29.4 Å². The van der Waals surface area contributed by atoms with E-state index >= 15 is 0 Å². The van der Waals surface area contributed by atoms with Gasteiger partial charge in [0.15, 0.2) is 0 Å². The number of hydroxylamine groups is 1. The number of hydrazone groups is 1. The van der Waals surface area contributed by atoms with Crippen LogP contribution >= 0.6 is 0 Å². The number of alkyl halides is 1. The van der Waals surface area contributed by atoms with E-state index < -0.39 is 6.17 Å². The molecule has 6 nitrogen and oxygen atoms in total. The van der Waals surface area contributed by atoms with Gasteiger partial charge >= 0.3 is 0 Å². The fourth-order valence-corrected chi connectivity index (χ4v) is 3.23. The number of amides is 2. The van der Waals surface area contributed by atoms with Crippen LogP contribution in [0.4, 0.5) is 4.39 Å². The summed E-state index contributed by atoms with van der Waals surface area (Å²) in [6.07, 6.45) is 6.15. The minimum absolute atomic E-state index is 0.127. The van der Waals surface area contributed by atoms with E-state index in [0.29, 0.717) is 38.5 Å². The first-order chi connectivity index (χ1) is 10.6. The highest BCUT2D eigenvalue weighted by atomic mass is 19.1. The lowest BCUT2D eigenvalue weighted by Gasteiger charge is -2.25. The van der Waals surface area contributed by atoms with E-state index in [4.69, 9.17) is 5.21 Å². The highest BCUT2D eigenvalue weighted by Gasteiger charge is 2.29. The van der Waals surface area contributed by atoms with Gasteiger partial charge in [0.05, 0.1) is 0 Å². The molecule has 7 heteroatoms. The second kappa shape index (κ2) is 8.22. The highest BCUT2D eigenvalue weighted by molar-refractivity contribution is 5.81. The predicted molar refractivity (Wildman–Crippen MR) is 78.9 cm³/mol. The van der Waals surface area contributed by atoms with Crippen LogP contribution in [0.3, 0.4) is 0 Å². The molecule has 2 rings (SSSR count). The Kier molecular flexibility index (Phi) is 6.30. The Hall–Kier alpha value is -1.50. The molecular formula is C15H24FN3O3. The summed E-state index contributed by atoms with van der Waals surface area (Å²) in [6, 6.07) is 0. The second-order valence-electron chi connectivity index (χ2n) is 6.29. The summed E-state index contributed by atoms with van der Waals surface area (Å²) in [5, 5.41) is 12.6. The quantitative estimate of drug-likeness (QED) is 0.421. The fourth-order valence-electron chi connectivity index (χ4n) is 3.23. The van der Waals surface area contributed by atoms with Crippen molar-refractivity contribution in [2.75, 3.05) is 0 Å². The zero-order valence-corrected chi connectivity index (χ0v) is 12.6. The van der Waals surface area contributed by atoms with E-state index in [-0.39, 0.29) is 29.6 Å². The van der Waals surface area contributed by atoms with Gasteiger partial charge in [-0.15, -0.1) is 0 Å². The third-order valence-corrected chi connectivity index (χ3v) is 4.74. The van der Waals surface area contributed by atoms with Crippen LogP contribution < -0.4 is 10.9 Å². The van der Waals surface area contributed by atoms with E-state index in [0.717, 1.165) is 12.8 Å². The summed E-state index contributed by atoms with van der Waals surface area (Å²) in [5.41, 5.74) is 4.22. The Morgan fingerprint density at radius 3 is 2.05 bits per heavy atom. The summed E-state index contributed by atoms with van der Waals surface area (Å²) >= 11 is 0. The van der Waals surface area contributed by atoms with Crippen molar-refractivity contribution in [3.05, 3.63) is 0 Å². The van der Waals surface area contributed by atoms with Crippen molar-refractivity contribution in [2.45, 2.75) is 57.5 Å². The average Bonchev–Trinajstić information content (AvgIpc) is 2.56. The molecule has 0 atom stereocenters. The van der Waals surface area contributed by atoms with Crippen molar-refractivity contribution in [3.63, 3.8) is 0 Å². The van der Waals surface area contributed by atoms with Gasteiger partial charge < -0.3 is 0 Å². The van der Waals surface area contributed by atoms with E-state index in [1.165, 1.54) is 0 Å². The Balaban J connectivity index is 1.69. The van der Waals surface area contributed by atoms with Crippen LogP contribution in [0.2, 0.25) is 0 Å². The van der Waals surface area contributed by atoms with Gasteiger partial charge in [0.1, 0.15) is 6.17 Å². The smallest absolute Gasteiger partial charge is 0.246 e. The van der Waals surface area contributed by atoms with Crippen molar-refractivity contribution in [2.24, 2.45) is 22.9 Å². The molecule has 2 amide bonds. The van der Waals surface area contributed by atoms with Crippen LogP contribution in [0.15, 0.2) is 5.10 Å². The number of carbonyl (C=O) groups excluding carboxylic acids is 2. The standard InChI is InChI=1S/C15H24FN3O3/c16-13-7-1-10(2-8-13)9-17-18-14(20)11-3-5-12(6-4-11)15(21)19-22/h9-13,22H,1-8H2,(H,18,20)(H,19,21)/b17-9+. The maximum absolute atomic E-state index is 13.0. The molecule has 0 aromatic rings. The molecule has 124 valence electrons. The molecule has 0 unspecified atom stereocenters. The van der Waals surface area contributed by atoms with E-state index in [9.17, 15) is 14.0 Å². The molecule has 0 radical (unpaired) electrons. The maximum atomic E-state index is 13.0. The van der Waals surface area contributed by atoms with Gasteiger partial charge in [-0.2, -0.15) is 5.10 Å². The Morgan fingerprint density at radius 2 is 1.50 bits per heavy atom. The molecule has 2 saturated carbocycles. The van der Waals surface area contributed by atoms with E-state index in [1.54, 1.807) is 11.7 Å². The number of halogens is 1. The molecule has 0 saturated heterocycles. The molecule has 0 spiro atoms. The van der Waals surface area contributed by atoms with Gasteiger partial charge in [0.2, 0.25) is 11.8 Å². The molecule has 0 heterocycles. The topological polar surface area (TPSA) is 90.8 Å². The summed E-state index contributed by atoms with van der Waals surface area (Å²) in [6.45, 7) is 0. The number of nitrogens with one attached hydrogen (secondary N) is 2. The molecule has 2 aliphatic rings. The van der Waals surface area contributed by atoms with Gasteiger partial charge in [0.25, 0.3) is 0 Å². The number of hydrogen-bond acceptors (Lipinski definition) is 4. The van der Waals surface area contributed by atoms with Crippen LogP contribution in [-0.2, 0) is 9.59 Å². The van der Waals surface area contributed by atoms with Crippen molar-refractivity contribution < 1.29 is 19.2 Å². The van der Waals surface area contributed by atoms with Crippen LogP contribution in [0.1, 0.15) is 51.4 Å². The number of nitrogens with zero attached hydrogens (tertiary/aromatic N) is 1. The first-order valence-electron chi connectivity index (χ1n) is 8.01. The zero-order valence-electron chi connectivity index (χ0n) is 12.6. The van der Waals surface area contributed by atoms with Gasteiger partial charge in [-0.05, 0) is 57.3 Å². The summed E-state index contributed by atoms with van der Waals surface area (Å²) < 4.78 is 13.0. The lowest BCUT2D eigenvalue weighted by Crippen LogP contribution is -2.35. The van der Waals surface area contributed by atoms with Crippen LogP contribution in [0, 0.1) is 17.8 Å². The van der Waals surface area contributed by atoms with E-state index in [2.05, 4.69) is 10.5 Å². The van der Waals surface area contributed by atoms with Gasteiger partial charge in [0, 0.05) is 18.1 Å². The number of rotatable bonds is 4.